The maximum Gasteiger partial charge on any atom is 0.437 e. The summed E-state index contributed by atoms with van der Waals surface area (Å²) in [4.78, 5) is 32.6. The van der Waals surface area contributed by atoms with Gasteiger partial charge < -0.3 is 14.9 Å². The number of aromatic nitrogens is 1. The van der Waals surface area contributed by atoms with Crippen molar-refractivity contribution < 1.29 is 58.2 Å². The Kier molecular flexibility index (Phi) is 7.38. The number of pyridine rings is 1. The molecule has 0 radical (unpaired) electrons. The second-order valence-corrected chi connectivity index (χ2v) is 15.5. The molecule has 3 heterocycles. The number of β-amino-alcohol motifs (C(OH)–C–C–N with tert-alkyl or cyclic N) is 1. The third kappa shape index (κ3) is 4.84. The van der Waals surface area contributed by atoms with E-state index in [1.54, 1.807) is 0 Å². The summed E-state index contributed by atoms with van der Waals surface area (Å²) in [5.74, 6) is -2.76. The lowest BCUT2D eigenvalue weighted by Gasteiger charge is -2.43. The van der Waals surface area contributed by atoms with Crippen molar-refractivity contribution >= 4 is 21.7 Å². The van der Waals surface area contributed by atoms with E-state index in [1.165, 1.54) is 23.6 Å². The van der Waals surface area contributed by atoms with Crippen LogP contribution in [-0.2, 0) is 36.3 Å². The summed E-state index contributed by atoms with van der Waals surface area (Å²) >= 11 is 0. The predicted octanol–water partition coefficient (Wildman–Crippen LogP) is 4.34. The smallest absolute Gasteiger partial charge is 0.389 e. The molecule has 2 aliphatic carbocycles. The molecule has 0 bridgehead atoms. The van der Waals surface area contributed by atoms with Crippen LogP contribution in [0.3, 0.4) is 0 Å². The number of carbonyl (C=O) groups is 2. The van der Waals surface area contributed by atoms with Gasteiger partial charge in [0, 0.05) is 30.6 Å². The zero-order chi connectivity index (χ0) is 34.7. The fourth-order valence-electron chi connectivity index (χ4n) is 7.63. The third-order valence-corrected chi connectivity index (χ3v) is 12.2. The number of hydrogen-bond acceptors (Lipinski definition) is 6. The standard InChI is InChI=1S/C30H29F8N3O5S/c1-26(2,44)14-41-23(17-13-18(17)24(41)42)25(43)40-11-10-27(47(45,46)16-5-3-4-15(31)12-16)19-6-8-21(39-20(19)7-9-22(27)40)28(32,29(33,34)35)30(36,37)38/h3-6,8,12,17-18,22-23,44H,7,9-11,13-14H2,1-2H3/t17-,18+,22?,23-,27?/m0/s1. The summed E-state index contributed by atoms with van der Waals surface area (Å²) in [5, 5.41) is 10.4. The first-order valence-corrected chi connectivity index (χ1v) is 16.2. The zero-order valence-electron chi connectivity index (χ0n) is 24.9. The molecule has 8 nitrogen and oxygen atoms in total. The van der Waals surface area contributed by atoms with Crippen LogP contribution in [0.25, 0.3) is 0 Å². The van der Waals surface area contributed by atoms with Crippen molar-refractivity contribution in [2.24, 2.45) is 11.8 Å². The second-order valence-electron chi connectivity index (χ2n) is 13.3. The number of likely N-dealkylation sites (tertiary alicyclic amines) is 2. The molecule has 2 amide bonds. The Balaban J connectivity index is 1.49. The van der Waals surface area contributed by atoms with E-state index < -0.39 is 103 Å². The normalized spacial score (nSPS) is 27.9. The third-order valence-electron chi connectivity index (χ3n) is 9.72. The summed E-state index contributed by atoms with van der Waals surface area (Å²) in [6.45, 7) is 2.44. The Morgan fingerprint density at radius 3 is 2.32 bits per heavy atom. The van der Waals surface area contributed by atoms with Crippen LogP contribution in [0.1, 0.15) is 50.1 Å². The van der Waals surface area contributed by atoms with Gasteiger partial charge in [0.05, 0.1) is 22.2 Å². The Bertz CT molecular complexity index is 1740. The Morgan fingerprint density at radius 2 is 1.72 bits per heavy atom. The van der Waals surface area contributed by atoms with E-state index >= 15 is 4.39 Å². The van der Waals surface area contributed by atoms with E-state index in [0.29, 0.717) is 18.6 Å². The van der Waals surface area contributed by atoms with Crippen LogP contribution in [-0.4, -0.2) is 83.2 Å². The van der Waals surface area contributed by atoms with E-state index in [9.17, 15) is 53.8 Å². The van der Waals surface area contributed by atoms with Gasteiger partial charge in [0.15, 0.2) is 9.84 Å². The summed E-state index contributed by atoms with van der Waals surface area (Å²) in [7, 11) is -4.78. The van der Waals surface area contributed by atoms with E-state index in [2.05, 4.69) is 4.98 Å². The molecule has 1 aromatic carbocycles. The quantitative estimate of drug-likeness (QED) is 0.451. The molecule has 256 valence electrons. The van der Waals surface area contributed by atoms with Gasteiger partial charge in [-0.05, 0) is 69.4 Å². The molecule has 3 fully saturated rings. The highest BCUT2D eigenvalue weighted by Gasteiger charge is 2.75. The molecule has 2 aromatic rings. The average Bonchev–Trinajstić information content (AvgIpc) is 3.55. The van der Waals surface area contributed by atoms with Crippen LogP contribution in [0.2, 0.25) is 0 Å². The van der Waals surface area contributed by atoms with Gasteiger partial charge in [-0.25, -0.2) is 17.2 Å². The minimum absolute atomic E-state index is 0.144. The van der Waals surface area contributed by atoms with Crippen molar-refractivity contribution in [3.63, 3.8) is 0 Å². The van der Waals surface area contributed by atoms with Gasteiger partial charge >= 0.3 is 18.0 Å². The van der Waals surface area contributed by atoms with Crippen molar-refractivity contribution in [3.8, 4) is 0 Å². The Labute approximate surface area is 263 Å². The van der Waals surface area contributed by atoms with Crippen LogP contribution in [0, 0.1) is 17.7 Å². The first kappa shape index (κ1) is 33.6. The first-order valence-electron chi connectivity index (χ1n) is 14.7. The zero-order valence-corrected chi connectivity index (χ0v) is 25.7. The van der Waals surface area contributed by atoms with E-state index in [4.69, 9.17) is 0 Å². The van der Waals surface area contributed by atoms with E-state index in [1.807, 2.05) is 0 Å². The van der Waals surface area contributed by atoms with Gasteiger partial charge in [-0.1, -0.05) is 12.1 Å². The van der Waals surface area contributed by atoms with E-state index in [0.717, 1.165) is 18.2 Å². The number of rotatable bonds is 6. The summed E-state index contributed by atoms with van der Waals surface area (Å²) in [5.41, 5.74) is -10.1. The maximum absolute atomic E-state index is 15.0. The van der Waals surface area contributed by atoms with Crippen LogP contribution >= 0.6 is 0 Å². The van der Waals surface area contributed by atoms with Crippen molar-refractivity contribution in [3.05, 3.63) is 59.2 Å². The second kappa shape index (κ2) is 10.3. The first-order chi connectivity index (χ1) is 21.6. The highest BCUT2D eigenvalue weighted by Crippen LogP contribution is 2.57. The number of nitrogens with zero attached hydrogens (tertiary/aromatic N) is 3. The fraction of sp³-hybridized carbons (Fsp3) is 0.567. The average molecular weight is 696 g/mol. The lowest BCUT2D eigenvalue weighted by molar-refractivity contribution is -0.350. The van der Waals surface area contributed by atoms with Crippen LogP contribution < -0.4 is 0 Å². The van der Waals surface area contributed by atoms with Gasteiger partial charge in [0.1, 0.15) is 16.6 Å². The van der Waals surface area contributed by atoms with Gasteiger partial charge in [-0.15, -0.1) is 0 Å². The number of sulfone groups is 1. The van der Waals surface area contributed by atoms with Crippen molar-refractivity contribution in [2.45, 2.75) is 84.9 Å². The van der Waals surface area contributed by atoms with Crippen LogP contribution in [0.4, 0.5) is 35.1 Å². The van der Waals surface area contributed by atoms with Crippen molar-refractivity contribution in [1.29, 1.82) is 0 Å². The molecule has 1 N–H and O–H groups in total. The number of carbonyl (C=O) groups excluding carboxylic acids is 2. The minimum atomic E-state index is -6.46. The molecule has 2 aliphatic heterocycles. The molecule has 17 heteroatoms. The van der Waals surface area contributed by atoms with E-state index in [-0.39, 0.29) is 37.0 Å². The van der Waals surface area contributed by atoms with Gasteiger partial charge in [0.25, 0.3) is 0 Å². The lowest BCUT2D eigenvalue weighted by atomic mass is 9.80. The number of alkyl halides is 7. The number of aryl methyl sites for hydroxylation is 1. The summed E-state index contributed by atoms with van der Waals surface area (Å²) < 4.78 is 138. The lowest BCUT2D eigenvalue weighted by Crippen LogP contribution is -2.57. The number of halogens is 8. The molecule has 2 unspecified atom stereocenters. The molecule has 1 saturated carbocycles. The van der Waals surface area contributed by atoms with Crippen LogP contribution in [0.15, 0.2) is 41.3 Å². The number of amides is 2. The topological polar surface area (TPSA) is 108 Å². The SMILES string of the molecule is CC(C)(O)CN1C(=O)[C@@H]2C[C@@H]2[C@H]1C(=O)N1CCC2(S(=O)(=O)c3cccc(F)c3)c3ccc(C(F)(C(F)(F)F)C(F)(F)F)nc3CCC12. The fourth-order valence-corrected chi connectivity index (χ4v) is 10.0. The van der Waals surface area contributed by atoms with Gasteiger partial charge in [0.2, 0.25) is 11.8 Å². The highest BCUT2D eigenvalue weighted by atomic mass is 32.2. The van der Waals surface area contributed by atoms with Gasteiger partial charge in [-0.2, -0.15) is 26.3 Å². The number of aliphatic hydroxyl groups is 1. The number of benzene rings is 1. The van der Waals surface area contributed by atoms with Gasteiger partial charge in [-0.3, -0.25) is 14.6 Å². The minimum Gasteiger partial charge on any atom is -0.389 e. The summed E-state index contributed by atoms with van der Waals surface area (Å²) in [6.07, 6.45) is -13.7. The van der Waals surface area contributed by atoms with Crippen molar-refractivity contribution in [1.82, 2.24) is 14.8 Å². The number of fused-ring (bicyclic) bond motifs is 4. The van der Waals surface area contributed by atoms with Crippen molar-refractivity contribution in [2.75, 3.05) is 13.1 Å². The molecule has 47 heavy (non-hydrogen) atoms. The number of hydrogen-bond donors (Lipinski definition) is 1. The molecule has 1 aromatic heterocycles. The monoisotopic (exact) mass is 695 g/mol. The van der Waals surface area contributed by atoms with Crippen LogP contribution in [0.5, 0.6) is 0 Å². The molecule has 5 atom stereocenters. The molecular formula is C30H29F8N3O5S. The molecule has 4 aliphatic rings. The largest absolute Gasteiger partial charge is 0.437 e. The highest BCUT2D eigenvalue weighted by molar-refractivity contribution is 7.92. The maximum atomic E-state index is 15.0. The molecule has 2 saturated heterocycles. The molecular weight excluding hydrogens is 666 g/mol. The summed E-state index contributed by atoms with van der Waals surface area (Å²) in [6, 6.07) is 2.35. The predicted molar refractivity (Wildman–Crippen MR) is 146 cm³/mol. The molecule has 6 rings (SSSR count). The molecule has 0 spiro atoms. The Hall–Kier alpha value is -3.34. The Morgan fingerprint density at radius 1 is 1.06 bits per heavy atom. The number of piperidine rings is 1.